The molecule has 0 spiro atoms. The summed E-state index contributed by atoms with van der Waals surface area (Å²) in [5.41, 5.74) is 1.53. The molecular formula is C17H31N3. The van der Waals surface area contributed by atoms with E-state index in [1.165, 1.54) is 25.0 Å². The second kappa shape index (κ2) is 6.30. The van der Waals surface area contributed by atoms with E-state index in [2.05, 4.69) is 50.4 Å². The average molecular weight is 277 g/mol. The summed E-state index contributed by atoms with van der Waals surface area (Å²) in [5.74, 6) is 1.61. The van der Waals surface area contributed by atoms with Crippen LogP contribution in [0.5, 0.6) is 0 Å². The van der Waals surface area contributed by atoms with Gasteiger partial charge < -0.3 is 5.32 Å². The van der Waals surface area contributed by atoms with Gasteiger partial charge in [-0.1, -0.05) is 34.1 Å². The van der Waals surface area contributed by atoms with Gasteiger partial charge in [0.2, 0.25) is 0 Å². The minimum Gasteiger partial charge on any atom is -0.314 e. The second-order valence-electron chi connectivity index (χ2n) is 7.33. The number of nitrogens with one attached hydrogen (secondary N) is 1. The minimum absolute atomic E-state index is 0.307. The van der Waals surface area contributed by atoms with Crippen molar-refractivity contribution < 1.29 is 0 Å². The first-order valence-electron chi connectivity index (χ1n) is 8.14. The molecule has 1 N–H and O–H groups in total. The zero-order chi connectivity index (χ0) is 14.8. The van der Waals surface area contributed by atoms with Gasteiger partial charge in [0.1, 0.15) is 0 Å². The Morgan fingerprint density at radius 3 is 2.75 bits per heavy atom. The molecule has 0 saturated heterocycles. The number of hydrogen-bond donors (Lipinski definition) is 1. The molecule has 20 heavy (non-hydrogen) atoms. The Morgan fingerprint density at radius 2 is 2.15 bits per heavy atom. The molecule has 1 fully saturated rings. The van der Waals surface area contributed by atoms with E-state index in [0.29, 0.717) is 11.5 Å². The number of nitrogens with zero attached hydrogens (tertiary/aromatic N) is 2. The smallest absolute Gasteiger partial charge is 0.0629 e. The molecular weight excluding hydrogens is 246 g/mol. The fourth-order valence-electron chi connectivity index (χ4n) is 3.96. The summed E-state index contributed by atoms with van der Waals surface area (Å²) in [6, 6.07) is 2.83. The normalized spacial score (nSPS) is 27.8. The van der Waals surface area contributed by atoms with Gasteiger partial charge in [0.25, 0.3) is 0 Å². The molecule has 1 saturated carbocycles. The number of aromatic nitrogens is 2. The number of hydrogen-bond acceptors (Lipinski definition) is 2. The molecule has 0 amide bonds. The van der Waals surface area contributed by atoms with Gasteiger partial charge in [0.15, 0.2) is 0 Å². The zero-order valence-corrected chi connectivity index (χ0v) is 13.8. The lowest BCUT2D eigenvalue weighted by Gasteiger charge is -2.44. The summed E-state index contributed by atoms with van der Waals surface area (Å²) >= 11 is 0. The molecule has 1 heterocycles. The summed E-state index contributed by atoms with van der Waals surface area (Å²) in [4.78, 5) is 0. The summed E-state index contributed by atoms with van der Waals surface area (Å²) in [6.45, 7) is 10.5. The van der Waals surface area contributed by atoms with Crippen molar-refractivity contribution in [1.82, 2.24) is 15.1 Å². The van der Waals surface area contributed by atoms with Crippen LogP contribution in [-0.4, -0.2) is 22.4 Å². The molecule has 0 aliphatic heterocycles. The van der Waals surface area contributed by atoms with E-state index in [4.69, 9.17) is 0 Å². The lowest BCUT2D eigenvalue weighted by Crippen LogP contribution is -2.47. The minimum atomic E-state index is 0.307. The Labute approximate surface area is 124 Å². The van der Waals surface area contributed by atoms with Crippen LogP contribution in [0.4, 0.5) is 0 Å². The molecule has 3 nitrogen and oxygen atoms in total. The topological polar surface area (TPSA) is 29.9 Å². The maximum atomic E-state index is 4.57. The van der Waals surface area contributed by atoms with Crippen molar-refractivity contribution in [3.05, 3.63) is 18.0 Å². The van der Waals surface area contributed by atoms with E-state index in [1.807, 2.05) is 11.7 Å². The van der Waals surface area contributed by atoms with E-state index in [0.717, 1.165) is 24.8 Å². The molecule has 114 valence electrons. The maximum absolute atomic E-state index is 4.57. The molecule has 3 heteroatoms. The molecule has 2 rings (SSSR count). The predicted octanol–water partition coefficient (Wildman–Crippen LogP) is 3.40. The third-order valence-corrected chi connectivity index (χ3v) is 4.99. The molecule has 1 aliphatic carbocycles. The first-order valence-corrected chi connectivity index (χ1v) is 8.14. The Balaban J connectivity index is 2.09. The van der Waals surface area contributed by atoms with E-state index in [-0.39, 0.29) is 0 Å². The SMILES string of the molecule is CCNC1CC(C)CCC1C(C)(C)Cc1ccn(C)n1. The van der Waals surface area contributed by atoms with Crippen molar-refractivity contribution in [1.29, 1.82) is 0 Å². The van der Waals surface area contributed by atoms with Crippen LogP contribution < -0.4 is 5.32 Å². The first kappa shape index (κ1) is 15.6. The van der Waals surface area contributed by atoms with Crippen LogP contribution >= 0.6 is 0 Å². The van der Waals surface area contributed by atoms with Crippen molar-refractivity contribution in [3.8, 4) is 0 Å². The Morgan fingerprint density at radius 1 is 1.40 bits per heavy atom. The summed E-state index contributed by atoms with van der Waals surface area (Å²) < 4.78 is 1.91. The van der Waals surface area contributed by atoms with Gasteiger partial charge in [-0.25, -0.2) is 0 Å². The highest BCUT2D eigenvalue weighted by Crippen LogP contribution is 2.42. The molecule has 1 aromatic rings. The fourth-order valence-corrected chi connectivity index (χ4v) is 3.96. The van der Waals surface area contributed by atoms with Gasteiger partial charge in [-0.3, -0.25) is 4.68 Å². The van der Waals surface area contributed by atoms with Crippen molar-refractivity contribution in [2.45, 2.75) is 59.4 Å². The van der Waals surface area contributed by atoms with Gasteiger partial charge in [0.05, 0.1) is 5.69 Å². The van der Waals surface area contributed by atoms with Crippen LogP contribution in [-0.2, 0) is 13.5 Å². The van der Waals surface area contributed by atoms with Crippen LogP contribution in [0.15, 0.2) is 12.3 Å². The highest BCUT2D eigenvalue weighted by molar-refractivity contribution is 5.04. The molecule has 3 atom stereocenters. The van der Waals surface area contributed by atoms with E-state index < -0.39 is 0 Å². The predicted molar refractivity (Wildman–Crippen MR) is 84.7 cm³/mol. The van der Waals surface area contributed by atoms with Crippen LogP contribution in [0.1, 0.15) is 52.7 Å². The summed E-state index contributed by atoms with van der Waals surface area (Å²) in [7, 11) is 2.00. The van der Waals surface area contributed by atoms with E-state index in [9.17, 15) is 0 Å². The Hall–Kier alpha value is -0.830. The first-order chi connectivity index (χ1) is 9.42. The van der Waals surface area contributed by atoms with Crippen molar-refractivity contribution in [2.24, 2.45) is 24.3 Å². The number of rotatable bonds is 5. The molecule has 0 bridgehead atoms. The molecule has 0 radical (unpaired) electrons. The summed E-state index contributed by atoms with van der Waals surface area (Å²) in [5, 5.41) is 8.31. The molecule has 1 aliphatic rings. The van der Waals surface area contributed by atoms with Crippen LogP contribution in [0.3, 0.4) is 0 Å². The highest BCUT2D eigenvalue weighted by Gasteiger charge is 2.38. The maximum Gasteiger partial charge on any atom is 0.0629 e. The monoisotopic (exact) mass is 277 g/mol. The molecule has 3 unspecified atom stereocenters. The third-order valence-electron chi connectivity index (χ3n) is 4.99. The van der Waals surface area contributed by atoms with Crippen LogP contribution in [0.25, 0.3) is 0 Å². The largest absolute Gasteiger partial charge is 0.314 e. The van der Waals surface area contributed by atoms with Gasteiger partial charge in [-0.05, 0) is 49.1 Å². The van der Waals surface area contributed by atoms with Gasteiger partial charge in [0, 0.05) is 19.3 Å². The fraction of sp³-hybridized carbons (Fsp3) is 0.824. The van der Waals surface area contributed by atoms with Crippen LogP contribution in [0, 0.1) is 17.3 Å². The van der Waals surface area contributed by atoms with Gasteiger partial charge in [-0.15, -0.1) is 0 Å². The van der Waals surface area contributed by atoms with Gasteiger partial charge in [-0.2, -0.15) is 5.10 Å². The second-order valence-corrected chi connectivity index (χ2v) is 7.33. The standard InChI is InChI=1S/C17H31N3/c1-6-18-16-11-13(2)7-8-15(16)17(3,4)12-14-9-10-20(5)19-14/h9-10,13,15-16,18H,6-8,11-12H2,1-5H3. The Kier molecular flexibility index (Phi) is 4.90. The van der Waals surface area contributed by atoms with E-state index in [1.54, 1.807) is 0 Å². The van der Waals surface area contributed by atoms with Crippen molar-refractivity contribution >= 4 is 0 Å². The lowest BCUT2D eigenvalue weighted by atomic mass is 9.64. The third kappa shape index (κ3) is 3.63. The van der Waals surface area contributed by atoms with Crippen molar-refractivity contribution in [2.75, 3.05) is 6.54 Å². The summed E-state index contributed by atoms with van der Waals surface area (Å²) in [6.07, 6.45) is 7.17. The molecule has 0 aromatic carbocycles. The average Bonchev–Trinajstić information content (AvgIpc) is 2.74. The van der Waals surface area contributed by atoms with Gasteiger partial charge >= 0.3 is 0 Å². The van der Waals surface area contributed by atoms with E-state index >= 15 is 0 Å². The lowest BCUT2D eigenvalue weighted by molar-refractivity contribution is 0.0941. The zero-order valence-electron chi connectivity index (χ0n) is 13.8. The molecule has 1 aromatic heterocycles. The van der Waals surface area contributed by atoms with Crippen LogP contribution in [0.2, 0.25) is 0 Å². The Bertz CT molecular complexity index is 422. The quantitative estimate of drug-likeness (QED) is 0.894. The highest BCUT2D eigenvalue weighted by atomic mass is 15.2. The van der Waals surface area contributed by atoms with Crippen molar-refractivity contribution in [3.63, 3.8) is 0 Å². The number of aryl methyl sites for hydroxylation is 1.